The van der Waals surface area contributed by atoms with Crippen LogP contribution < -0.4 is 9.62 Å². The van der Waals surface area contributed by atoms with Gasteiger partial charge in [-0.2, -0.15) is 0 Å². The highest BCUT2D eigenvalue weighted by molar-refractivity contribution is 7.92. The van der Waals surface area contributed by atoms with Crippen molar-refractivity contribution in [1.82, 2.24) is 10.2 Å². The highest BCUT2D eigenvalue weighted by Gasteiger charge is 2.34. The van der Waals surface area contributed by atoms with Crippen LogP contribution in [0.15, 0.2) is 71.6 Å². The Balaban J connectivity index is 2.10. The summed E-state index contributed by atoms with van der Waals surface area (Å²) in [5.41, 5.74) is 0.632. The number of sulfonamides is 1. The summed E-state index contributed by atoms with van der Waals surface area (Å²) in [5.74, 6) is -1.04. The SMILES string of the molecule is CC[C@@H](C(=O)NC)N(Cc1ccc(Cl)c(Cl)c1)C(=O)CN(c1cccc(Cl)c1Cl)S(=O)(=O)c1ccccc1. The smallest absolute Gasteiger partial charge is 0.264 e. The zero-order valence-electron chi connectivity index (χ0n) is 20.5. The predicted octanol–water partition coefficient (Wildman–Crippen LogP) is 6.05. The van der Waals surface area contributed by atoms with E-state index in [9.17, 15) is 18.0 Å². The van der Waals surface area contributed by atoms with Gasteiger partial charge in [-0.3, -0.25) is 13.9 Å². The molecule has 38 heavy (non-hydrogen) atoms. The maximum atomic E-state index is 13.9. The van der Waals surface area contributed by atoms with Crippen molar-refractivity contribution < 1.29 is 18.0 Å². The molecule has 0 aliphatic carbocycles. The van der Waals surface area contributed by atoms with Gasteiger partial charge in [0.05, 0.1) is 30.7 Å². The number of amides is 2. The summed E-state index contributed by atoms with van der Waals surface area (Å²) >= 11 is 24.8. The number of rotatable bonds is 10. The number of anilines is 1. The fraction of sp³-hybridized carbons (Fsp3) is 0.231. The number of carbonyl (C=O) groups is 2. The summed E-state index contributed by atoms with van der Waals surface area (Å²) in [4.78, 5) is 27.9. The number of carbonyl (C=O) groups excluding carboxylic acids is 2. The third-order valence-corrected chi connectivity index (χ3v) is 9.10. The van der Waals surface area contributed by atoms with E-state index in [1.165, 1.54) is 42.3 Å². The molecule has 3 rings (SSSR count). The number of hydrogen-bond donors (Lipinski definition) is 1. The Morgan fingerprint density at radius 2 is 1.58 bits per heavy atom. The zero-order chi connectivity index (χ0) is 28.0. The number of likely N-dealkylation sites (N-methyl/N-ethyl adjacent to an activating group) is 1. The molecule has 3 aromatic carbocycles. The van der Waals surface area contributed by atoms with Crippen molar-refractivity contribution in [1.29, 1.82) is 0 Å². The van der Waals surface area contributed by atoms with Crippen LogP contribution in [-0.4, -0.2) is 44.8 Å². The van der Waals surface area contributed by atoms with Crippen LogP contribution in [0.4, 0.5) is 5.69 Å². The topological polar surface area (TPSA) is 86.8 Å². The molecule has 0 fully saturated rings. The Hall–Kier alpha value is -2.49. The van der Waals surface area contributed by atoms with Gasteiger partial charge in [-0.25, -0.2) is 8.42 Å². The first-order chi connectivity index (χ1) is 18.0. The lowest BCUT2D eigenvalue weighted by atomic mass is 10.1. The van der Waals surface area contributed by atoms with Crippen molar-refractivity contribution >= 4 is 73.9 Å². The Labute approximate surface area is 242 Å². The molecule has 0 aliphatic rings. The van der Waals surface area contributed by atoms with Crippen molar-refractivity contribution in [3.05, 3.63) is 92.4 Å². The van der Waals surface area contributed by atoms with Gasteiger partial charge in [-0.15, -0.1) is 0 Å². The third kappa shape index (κ3) is 6.74. The van der Waals surface area contributed by atoms with Gasteiger partial charge in [-0.05, 0) is 48.4 Å². The molecule has 0 saturated carbocycles. The molecule has 0 radical (unpaired) electrons. The molecule has 0 spiro atoms. The zero-order valence-corrected chi connectivity index (χ0v) is 24.3. The van der Waals surface area contributed by atoms with E-state index in [1.54, 1.807) is 43.3 Å². The second-order valence-corrected chi connectivity index (χ2v) is 11.7. The van der Waals surface area contributed by atoms with Crippen LogP contribution in [0.5, 0.6) is 0 Å². The fourth-order valence-corrected chi connectivity index (χ4v) is 6.05. The van der Waals surface area contributed by atoms with Gasteiger partial charge < -0.3 is 10.2 Å². The first-order valence-corrected chi connectivity index (χ1v) is 14.4. The lowest BCUT2D eigenvalue weighted by Crippen LogP contribution is -2.51. The van der Waals surface area contributed by atoms with E-state index in [1.807, 2.05) is 0 Å². The van der Waals surface area contributed by atoms with Gasteiger partial charge >= 0.3 is 0 Å². The van der Waals surface area contributed by atoms with Crippen molar-refractivity contribution in [3.8, 4) is 0 Å². The highest BCUT2D eigenvalue weighted by atomic mass is 35.5. The molecule has 0 unspecified atom stereocenters. The van der Waals surface area contributed by atoms with E-state index >= 15 is 0 Å². The molecule has 0 heterocycles. The number of hydrogen-bond acceptors (Lipinski definition) is 4. The molecular formula is C26H25Cl4N3O4S. The van der Waals surface area contributed by atoms with E-state index in [0.29, 0.717) is 10.6 Å². The summed E-state index contributed by atoms with van der Waals surface area (Å²) in [5, 5.41) is 3.27. The maximum absolute atomic E-state index is 13.9. The Kier molecular flexibility index (Phi) is 10.3. The summed E-state index contributed by atoms with van der Waals surface area (Å²) in [6.07, 6.45) is 0.274. The second kappa shape index (κ2) is 13.0. The molecule has 0 aliphatic heterocycles. The molecule has 0 bridgehead atoms. The number of benzene rings is 3. The van der Waals surface area contributed by atoms with Crippen LogP contribution in [0, 0.1) is 0 Å². The first-order valence-electron chi connectivity index (χ1n) is 11.5. The number of halogens is 4. The Morgan fingerprint density at radius 1 is 0.895 bits per heavy atom. The van der Waals surface area contributed by atoms with Gasteiger partial charge in [-0.1, -0.05) is 83.7 Å². The molecule has 2 amide bonds. The van der Waals surface area contributed by atoms with Crippen LogP contribution in [0.3, 0.4) is 0 Å². The first kappa shape index (κ1) is 30.1. The van der Waals surface area contributed by atoms with E-state index < -0.39 is 34.4 Å². The minimum Gasteiger partial charge on any atom is -0.357 e. The molecule has 0 aromatic heterocycles. The van der Waals surface area contributed by atoms with Crippen molar-refractivity contribution in [3.63, 3.8) is 0 Å². The van der Waals surface area contributed by atoms with Crippen molar-refractivity contribution in [2.45, 2.75) is 30.8 Å². The molecule has 0 saturated heterocycles. The van der Waals surface area contributed by atoms with Gasteiger partial charge in [0.2, 0.25) is 11.8 Å². The molecule has 202 valence electrons. The van der Waals surface area contributed by atoms with E-state index in [0.717, 1.165) is 4.31 Å². The lowest BCUT2D eigenvalue weighted by Gasteiger charge is -2.33. The van der Waals surface area contributed by atoms with Crippen LogP contribution >= 0.6 is 46.4 Å². The summed E-state index contributed by atoms with van der Waals surface area (Å²) < 4.78 is 28.4. The molecule has 7 nitrogen and oxygen atoms in total. The molecular weight excluding hydrogens is 592 g/mol. The van der Waals surface area contributed by atoms with Gasteiger partial charge in [0.1, 0.15) is 12.6 Å². The van der Waals surface area contributed by atoms with Crippen molar-refractivity contribution in [2.24, 2.45) is 0 Å². The average molecular weight is 617 g/mol. The van der Waals surface area contributed by atoms with Crippen LogP contribution in [0.2, 0.25) is 20.1 Å². The van der Waals surface area contributed by atoms with E-state index in [2.05, 4.69) is 5.32 Å². The summed E-state index contributed by atoms with van der Waals surface area (Å²) in [7, 11) is -2.80. The molecule has 1 atom stereocenters. The monoisotopic (exact) mass is 615 g/mol. The van der Waals surface area contributed by atoms with Gasteiger partial charge in [0.25, 0.3) is 10.0 Å². The van der Waals surface area contributed by atoms with Crippen LogP contribution in [0.1, 0.15) is 18.9 Å². The quantitative estimate of drug-likeness (QED) is 0.300. The molecule has 12 heteroatoms. The summed E-state index contributed by atoms with van der Waals surface area (Å²) in [6.45, 7) is 1.08. The lowest BCUT2D eigenvalue weighted by molar-refractivity contribution is -0.140. The van der Waals surface area contributed by atoms with Crippen LogP contribution in [0.25, 0.3) is 0 Å². The minimum absolute atomic E-state index is 0.0237. The highest BCUT2D eigenvalue weighted by Crippen LogP contribution is 2.35. The largest absolute Gasteiger partial charge is 0.357 e. The second-order valence-electron chi connectivity index (χ2n) is 8.21. The summed E-state index contributed by atoms with van der Waals surface area (Å²) in [6, 6.07) is 16.1. The maximum Gasteiger partial charge on any atom is 0.264 e. The number of nitrogens with one attached hydrogen (secondary N) is 1. The molecule has 3 aromatic rings. The van der Waals surface area contributed by atoms with Gasteiger partial charge in [0, 0.05) is 13.6 Å². The normalized spacial score (nSPS) is 12.1. The van der Waals surface area contributed by atoms with Crippen molar-refractivity contribution in [2.75, 3.05) is 17.9 Å². The standard InChI is InChI=1S/C26H25Cl4N3O4S/c1-3-22(26(35)31-2)32(15-17-12-13-19(27)21(29)14-17)24(34)16-33(23-11-7-10-20(28)25(23)30)38(36,37)18-8-5-4-6-9-18/h4-14,22H,3,15-16H2,1-2H3,(H,31,35)/t22-/m0/s1. The van der Waals surface area contributed by atoms with E-state index in [-0.39, 0.29) is 38.6 Å². The van der Waals surface area contributed by atoms with Gasteiger partial charge in [0.15, 0.2) is 0 Å². The molecule has 1 N–H and O–H groups in total. The third-order valence-electron chi connectivity index (χ3n) is 5.78. The Bertz CT molecular complexity index is 1420. The average Bonchev–Trinajstić information content (AvgIpc) is 2.91. The minimum atomic E-state index is -4.26. The predicted molar refractivity (Wildman–Crippen MR) is 153 cm³/mol. The number of nitrogens with zero attached hydrogens (tertiary/aromatic N) is 2. The van der Waals surface area contributed by atoms with Crippen LogP contribution in [-0.2, 0) is 26.2 Å². The van der Waals surface area contributed by atoms with E-state index in [4.69, 9.17) is 46.4 Å². The Morgan fingerprint density at radius 3 is 2.18 bits per heavy atom. The fourth-order valence-electron chi connectivity index (χ4n) is 3.84.